The minimum Gasteiger partial charge on any atom is -0.494 e. The Morgan fingerprint density at radius 1 is 1.12 bits per heavy atom. The standard InChI is InChI=1S/C13H21NOS.ClH/c14-12(11-16)7-3-2-6-10-15-13-8-4-1-5-9-13;/h1,4-5,8-9,12,16H,2-3,6-7,10-11,14H2;1H/t12-;/m0./s1. The molecule has 0 unspecified atom stereocenters. The number of benzene rings is 1. The molecule has 0 aliphatic heterocycles. The lowest BCUT2D eigenvalue weighted by Gasteiger charge is -2.08. The van der Waals surface area contributed by atoms with Crippen molar-refractivity contribution in [3.8, 4) is 5.75 Å². The van der Waals surface area contributed by atoms with Gasteiger partial charge in [0.05, 0.1) is 6.61 Å². The van der Waals surface area contributed by atoms with Crippen LogP contribution in [0.4, 0.5) is 0 Å². The number of hydrogen-bond donors (Lipinski definition) is 2. The molecule has 0 aromatic heterocycles. The van der Waals surface area contributed by atoms with Gasteiger partial charge in [0.2, 0.25) is 0 Å². The van der Waals surface area contributed by atoms with Crippen LogP contribution in [0.2, 0.25) is 0 Å². The summed E-state index contributed by atoms with van der Waals surface area (Å²) in [6.45, 7) is 0.792. The van der Waals surface area contributed by atoms with Crippen molar-refractivity contribution in [2.24, 2.45) is 5.73 Å². The molecule has 0 saturated carbocycles. The lowest BCUT2D eigenvalue weighted by Crippen LogP contribution is -2.21. The van der Waals surface area contributed by atoms with Crippen LogP contribution in [0.5, 0.6) is 5.75 Å². The largest absolute Gasteiger partial charge is 0.494 e. The molecule has 0 spiro atoms. The summed E-state index contributed by atoms with van der Waals surface area (Å²) in [5.74, 6) is 1.73. The Morgan fingerprint density at radius 3 is 2.47 bits per heavy atom. The average Bonchev–Trinajstić information content (AvgIpc) is 2.34. The molecular formula is C13H22ClNOS. The van der Waals surface area contributed by atoms with Crippen molar-refractivity contribution in [2.45, 2.75) is 31.7 Å². The van der Waals surface area contributed by atoms with Crippen LogP contribution in [-0.2, 0) is 0 Å². The number of nitrogens with two attached hydrogens (primary N) is 1. The van der Waals surface area contributed by atoms with Crippen molar-refractivity contribution in [3.05, 3.63) is 30.3 Å². The normalized spacial score (nSPS) is 11.6. The van der Waals surface area contributed by atoms with Crippen LogP contribution in [0.1, 0.15) is 25.7 Å². The first kappa shape index (κ1) is 16.6. The molecule has 0 fully saturated rings. The van der Waals surface area contributed by atoms with Gasteiger partial charge in [0.1, 0.15) is 5.75 Å². The van der Waals surface area contributed by atoms with E-state index in [9.17, 15) is 0 Å². The quantitative estimate of drug-likeness (QED) is 0.564. The van der Waals surface area contributed by atoms with E-state index < -0.39 is 0 Å². The topological polar surface area (TPSA) is 35.2 Å². The van der Waals surface area contributed by atoms with Gasteiger partial charge in [-0.05, 0) is 25.0 Å². The van der Waals surface area contributed by atoms with Gasteiger partial charge in [-0.2, -0.15) is 12.6 Å². The number of hydrogen-bond acceptors (Lipinski definition) is 3. The Kier molecular flexibility index (Phi) is 10.5. The predicted molar refractivity (Wildman–Crippen MR) is 79.5 cm³/mol. The van der Waals surface area contributed by atoms with Crippen molar-refractivity contribution in [2.75, 3.05) is 12.4 Å². The molecule has 1 rings (SSSR count). The third kappa shape index (κ3) is 8.36. The third-order valence-electron chi connectivity index (χ3n) is 2.47. The summed E-state index contributed by atoms with van der Waals surface area (Å²) >= 11 is 4.16. The minimum atomic E-state index is 0. The van der Waals surface area contributed by atoms with Crippen molar-refractivity contribution < 1.29 is 4.74 Å². The zero-order chi connectivity index (χ0) is 11.6. The summed E-state index contributed by atoms with van der Waals surface area (Å²) in [4.78, 5) is 0. The Bertz CT molecular complexity index is 271. The van der Waals surface area contributed by atoms with E-state index in [4.69, 9.17) is 10.5 Å². The number of halogens is 1. The Hall–Kier alpha value is -0.380. The highest BCUT2D eigenvalue weighted by Crippen LogP contribution is 2.10. The van der Waals surface area contributed by atoms with Crippen molar-refractivity contribution in [1.29, 1.82) is 0 Å². The second-order valence-electron chi connectivity index (χ2n) is 3.95. The van der Waals surface area contributed by atoms with Crippen LogP contribution in [0.3, 0.4) is 0 Å². The average molecular weight is 276 g/mol. The van der Waals surface area contributed by atoms with Gasteiger partial charge in [0, 0.05) is 11.8 Å². The lowest BCUT2D eigenvalue weighted by atomic mass is 10.1. The van der Waals surface area contributed by atoms with Gasteiger partial charge < -0.3 is 10.5 Å². The fraction of sp³-hybridized carbons (Fsp3) is 0.538. The highest BCUT2D eigenvalue weighted by atomic mass is 35.5. The van der Waals surface area contributed by atoms with Crippen LogP contribution < -0.4 is 10.5 Å². The van der Waals surface area contributed by atoms with Crippen LogP contribution in [0.15, 0.2) is 30.3 Å². The highest BCUT2D eigenvalue weighted by molar-refractivity contribution is 7.80. The first-order chi connectivity index (χ1) is 7.83. The summed E-state index contributed by atoms with van der Waals surface area (Å²) in [6, 6.07) is 10.2. The Balaban J connectivity index is 0.00000256. The molecule has 1 atom stereocenters. The van der Waals surface area contributed by atoms with Crippen LogP contribution in [-0.4, -0.2) is 18.4 Å². The molecule has 0 aliphatic rings. The number of para-hydroxylation sites is 1. The minimum absolute atomic E-state index is 0. The van der Waals surface area contributed by atoms with E-state index in [2.05, 4.69) is 12.6 Å². The smallest absolute Gasteiger partial charge is 0.119 e. The summed E-state index contributed by atoms with van der Waals surface area (Å²) in [7, 11) is 0. The maximum atomic E-state index is 5.77. The molecule has 0 bridgehead atoms. The van der Waals surface area contributed by atoms with E-state index in [0.717, 1.165) is 31.0 Å². The molecule has 1 aromatic carbocycles. The van der Waals surface area contributed by atoms with Crippen LogP contribution >= 0.6 is 25.0 Å². The second-order valence-corrected chi connectivity index (χ2v) is 4.32. The number of rotatable bonds is 8. The molecule has 0 heterocycles. The molecule has 98 valence electrons. The van der Waals surface area contributed by atoms with E-state index in [1.165, 1.54) is 12.8 Å². The van der Waals surface area contributed by atoms with Gasteiger partial charge >= 0.3 is 0 Å². The van der Waals surface area contributed by atoms with Gasteiger partial charge in [-0.3, -0.25) is 0 Å². The van der Waals surface area contributed by atoms with Gasteiger partial charge in [0.15, 0.2) is 0 Å². The first-order valence-electron chi connectivity index (χ1n) is 5.87. The lowest BCUT2D eigenvalue weighted by molar-refractivity contribution is 0.304. The fourth-order valence-corrected chi connectivity index (χ4v) is 1.67. The van der Waals surface area contributed by atoms with E-state index in [0.29, 0.717) is 0 Å². The van der Waals surface area contributed by atoms with E-state index in [1.807, 2.05) is 30.3 Å². The third-order valence-corrected chi connectivity index (χ3v) is 2.93. The first-order valence-corrected chi connectivity index (χ1v) is 6.50. The van der Waals surface area contributed by atoms with Gasteiger partial charge in [-0.15, -0.1) is 12.4 Å². The van der Waals surface area contributed by atoms with E-state index >= 15 is 0 Å². The van der Waals surface area contributed by atoms with E-state index in [-0.39, 0.29) is 18.4 Å². The monoisotopic (exact) mass is 275 g/mol. The van der Waals surface area contributed by atoms with Crippen molar-refractivity contribution >= 4 is 25.0 Å². The van der Waals surface area contributed by atoms with E-state index in [1.54, 1.807) is 0 Å². The van der Waals surface area contributed by atoms with Gasteiger partial charge in [-0.1, -0.05) is 31.0 Å². The zero-order valence-corrected chi connectivity index (χ0v) is 11.8. The fourth-order valence-electron chi connectivity index (χ4n) is 1.48. The van der Waals surface area contributed by atoms with Gasteiger partial charge in [0.25, 0.3) is 0 Å². The Labute approximate surface area is 116 Å². The highest BCUT2D eigenvalue weighted by Gasteiger charge is 1.98. The molecule has 1 aromatic rings. The number of thiol groups is 1. The number of ether oxygens (including phenoxy) is 1. The molecule has 0 aliphatic carbocycles. The SMILES string of the molecule is Cl.N[C@H](CS)CCCCCOc1ccccc1. The molecule has 17 heavy (non-hydrogen) atoms. The second kappa shape index (κ2) is 10.8. The van der Waals surface area contributed by atoms with Crippen molar-refractivity contribution in [3.63, 3.8) is 0 Å². The summed E-state index contributed by atoms with van der Waals surface area (Å²) in [6.07, 6.45) is 4.50. The molecule has 0 saturated heterocycles. The summed E-state index contributed by atoms with van der Waals surface area (Å²) in [5.41, 5.74) is 5.77. The molecular weight excluding hydrogens is 254 g/mol. The van der Waals surface area contributed by atoms with Crippen LogP contribution in [0.25, 0.3) is 0 Å². The van der Waals surface area contributed by atoms with Crippen LogP contribution in [0, 0.1) is 0 Å². The van der Waals surface area contributed by atoms with Crippen molar-refractivity contribution in [1.82, 2.24) is 0 Å². The van der Waals surface area contributed by atoms with Gasteiger partial charge in [-0.25, -0.2) is 0 Å². The molecule has 0 amide bonds. The Morgan fingerprint density at radius 2 is 1.82 bits per heavy atom. The summed E-state index contributed by atoms with van der Waals surface area (Å²) in [5, 5.41) is 0. The summed E-state index contributed by atoms with van der Waals surface area (Å²) < 4.78 is 5.59. The molecule has 4 heteroatoms. The maximum absolute atomic E-state index is 5.77. The maximum Gasteiger partial charge on any atom is 0.119 e. The molecule has 0 radical (unpaired) electrons. The molecule has 2 nitrogen and oxygen atoms in total. The predicted octanol–water partition coefficient (Wildman–Crippen LogP) is 3.30. The number of unbranched alkanes of at least 4 members (excludes halogenated alkanes) is 2. The molecule has 2 N–H and O–H groups in total. The zero-order valence-electron chi connectivity index (χ0n) is 10.0.